The second-order valence-electron chi connectivity index (χ2n) is 6.82. The molecule has 0 saturated carbocycles. The standard InChI is InChI=1S/C22H26N4O3S/c1-3-26(4-2)30(28,29)21-12-10-20(11-13-21)22(27)23-16-18-6-8-19(9-7-18)17-25-15-5-14-24-25/h5-15H,3-4,16-17H2,1-2H3,(H,23,27). The van der Waals surface area contributed by atoms with Crippen LogP contribution in [0.4, 0.5) is 0 Å². The minimum absolute atomic E-state index is 0.190. The Labute approximate surface area is 177 Å². The van der Waals surface area contributed by atoms with Gasteiger partial charge in [-0.3, -0.25) is 9.48 Å². The highest BCUT2D eigenvalue weighted by atomic mass is 32.2. The van der Waals surface area contributed by atoms with Crippen LogP contribution < -0.4 is 5.32 Å². The maximum atomic E-state index is 12.5. The molecule has 0 unspecified atom stereocenters. The maximum absolute atomic E-state index is 12.5. The quantitative estimate of drug-likeness (QED) is 0.570. The maximum Gasteiger partial charge on any atom is 0.251 e. The van der Waals surface area contributed by atoms with E-state index in [1.54, 1.807) is 32.2 Å². The van der Waals surface area contributed by atoms with Crippen molar-refractivity contribution < 1.29 is 13.2 Å². The number of rotatable bonds is 9. The van der Waals surface area contributed by atoms with E-state index in [2.05, 4.69) is 10.4 Å². The zero-order valence-electron chi connectivity index (χ0n) is 17.2. The van der Waals surface area contributed by atoms with Crippen LogP contribution in [-0.4, -0.2) is 41.5 Å². The molecule has 2 aromatic carbocycles. The highest BCUT2D eigenvalue weighted by Crippen LogP contribution is 2.16. The first-order chi connectivity index (χ1) is 14.4. The molecule has 0 aliphatic heterocycles. The van der Waals surface area contributed by atoms with Gasteiger partial charge in [0.25, 0.3) is 5.91 Å². The largest absolute Gasteiger partial charge is 0.348 e. The molecular formula is C22H26N4O3S. The van der Waals surface area contributed by atoms with Crippen LogP contribution in [0, 0.1) is 0 Å². The number of nitrogens with one attached hydrogen (secondary N) is 1. The average Bonchev–Trinajstić information content (AvgIpc) is 3.27. The molecule has 1 N–H and O–H groups in total. The molecule has 158 valence electrons. The number of amides is 1. The molecule has 3 rings (SSSR count). The Morgan fingerprint density at radius 1 is 1.00 bits per heavy atom. The summed E-state index contributed by atoms with van der Waals surface area (Å²) in [6.45, 7) is 5.49. The summed E-state index contributed by atoms with van der Waals surface area (Å²) in [4.78, 5) is 12.6. The van der Waals surface area contributed by atoms with Gasteiger partial charge in [0.05, 0.1) is 11.4 Å². The molecule has 0 bridgehead atoms. The molecule has 1 heterocycles. The number of sulfonamides is 1. The van der Waals surface area contributed by atoms with Crippen LogP contribution in [0.25, 0.3) is 0 Å². The molecule has 0 aliphatic rings. The molecule has 1 amide bonds. The zero-order chi connectivity index (χ0) is 21.6. The molecule has 8 heteroatoms. The van der Waals surface area contributed by atoms with Gasteiger partial charge in [-0.2, -0.15) is 9.40 Å². The third-order valence-electron chi connectivity index (χ3n) is 4.84. The van der Waals surface area contributed by atoms with Gasteiger partial charge in [-0.1, -0.05) is 38.1 Å². The Hall–Kier alpha value is -2.97. The molecule has 0 spiro atoms. The van der Waals surface area contributed by atoms with E-state index >= 15 is 0 Å². The van der Waals surface area contributed by atoms with E-state index in [1.165, 1.54) is 16.4 Å². The number of hydrogen-bond donors (Lipinski definition) is 1. The molecule has 0 aliphatic carbocycles. The zero-order valence-corrected chi connectivity index (χ0v) is 18.0. The van der Waals surface area contributed by atoms with Gasteiger partial charge in [0.15, 0.2) is 0 Å². The summed E-state index contributed by atoms with van der Waals surface area (Å²) in [7, 11) is -3.53. The third kappa shape index (κ3) is 5.14. The molecular weight excluding hydrogens is 400 g/mol. The predicted octanol–water partition coefficient (Wildman–Crippen LogP) is 2.89. The molecule has 0 fully saturated rings. The number of aromatic nitrogens is 2. The van der Waals surface area contributed by atoms with E-state index in [9.17, 15) is 13.2 Å². The molecule has 3 aromatic rings. The Kier molecular flexibility index (Phi) is 7.02. The summed E-state index contributed by atoms with van der Waals surface area (Å²) in [6, 6.07) is 15.9. The lowest BCUT2D eigenvalue weighted by Gasteiger charge is -2.18. The van der Waals surface area contributed by atoms with E-state index < -0.39 is 10.0 Å². The van der Waals surface area contributed by atoms with Gasteiger partial charge in [0.1, 0.15) is 0 Å². The minimum atomic E-state index is -3.53. The molecule has 30 heavy (non-hydrogen) atoms. The van der Waals surface area contributed by atoms with E-state index in [4.69, 9.17) is 0 Å². The van der Waals surface area contributed by atoms with Crippen molar-refractivity contribution in [2.24, 2.45) is 0 Å². The van der Waals surface area contributed by atoms with Gasteiger partial charge in [-0.25, -0.2) is 8.42 Å². The highest BCUT2D eigenvalue weighted by molar-refractivity contribution is 7.89. The fourth-order valence-electron chi connectivity index (χ4n) is 3.12. The van der Waals surface area contributed by atoms with Crippen LogP contribution in [0.1, 0.15) is 35.3 Å². The summed E-state index contributed by atoms with van der Waals surface area (Å²) in [5, 5.41) is 7.05. The highest BCUT2D eigenvalue weighted by Gasteiger charge is 2.21. The lowest BCUT2D eigenvalue weighted by molar-refractivity contribution is 0.0951. The van der Waals surface area contributed by atoms with Crippen molar-refractivity contribution >= 4 is 15.9 Å². The van der Waals surface area contributed by atoms with Gasteiger partial charge in [-0.05, 0) is 41.5 Å². The fraction of sp³-hybridized carbons (Fsp3) is 0.273. The smallest absolute Gasteiger partial charge is 0.251 e. The number of benzene rings is 2. The summed E-state index contributed by atoms with van der Waals surface area (Å²) in [6.07, 6.45) is 3.65. The van der Waals surface area contributed by atoms with E-state index in [-0.39, 0.29) is 10.8 Å². The van der Waals surface area contributed by atoms with Gasteiger partial charge < -0.3 is 5.32 Å². The summed E-state index contributed by atoms with van der Waals surface area (Å²) in [5.41, 5.74) is 2.52. The lowest BCUT2D eigenvalue weighted by Crippen LogP contribution is -2.30. The second kappa shape index (κ2) is 9.69. The predicted molar refractivity (Wildman–Crippen MR) is 115 cm³/mol. The van der Waals surface area contributed by atoms with Gasteiger partial charge in [0, 0.05) is 37.6 Å². The van der Waals surface area contributed by atoms with Gasteiger partial charge >= 0.3 is 0 Å². The summed E-state index contributed by atoms with van der Waals surface area (Å²) >= 11 is 0. The van der Waals surface area contributed by atoms with E-state index in [0.717, 1.165) is 11.1 Å². The summed E-state index contributed by atoms with van der Waals surface area (Å²) in [5.74, 6) is -0.248. The first-order valence-electron chi connectivity index (χ1n) is 9.87. The van der Waals surface area contributed by atoms with Crippen molar-refractivity contribution in [3.63, 3.8) is 0 Å². The van der Waals surface area contributed by atoms with Crippen LogP contribution >= 0.6 is 0 Å². The van der Waals surface area contributed by atoms with Gasteiger partial charge in [-0.15, -0.1) is 0 Å². The lowest BCUT2D eigenvalue weighted by atomic mass is 10.1. The van der Waals surface area contributed by atoms with Crippen molar-refractivity contribution in [3.05, 3.63) is 83.7 Å². The Morgan fingerprint density at radius 3 is 2.20 bits per heavy atom. The number of hydrogen-bond acceptors (Lipinski definition) is 4. The van der Waals surface area contributed by atoms with Crippen molar-refractivity contribution in [1.82, 2.24) is 19.4 Å². The van der Waals surface area contributed by atoms with E-state index in [0.29, 0.717) is 31.7 Å². The van der Waals surface area contributed by atoms with Crippen LogP contribution in [0.5, 0.6) is 0 Å². The van der Waals surface area contributed by atoms with Crippen molar-refractivity contribution in [2.45, 2.75) is 31.8 Å². The second-order valence-corrected chi connectivity index (χ2v) is 8.75. The van der Waals surface area contributed by atoms with Crippen LogP contribution in [0.3, 0.4) is 0 Å². The van der Waals surface area contributed by atoms with E-state index in [1.807, 2.05) is 41.2 Å². The molecule has 7 nitrogen and oxygen atoms in total. The molecule has 0 saturated heterocycles. The first-order valence-corrected chi connectivity index (χ1v) is 11.3. The Morgan fingerprint density at radius 2 is 1.63 bits per heavy atom. The van der Waals surface area contributed by atoms with Crippen LogP contribution in [0.2, 0.25) is 0 Å². The minimum Gasteiger partial charge on any atom is -0.348 e. The normalized spacial score (nSPS) is 11.6. The summed E-state index contributed by atoms with van der Waals surface area (Å²) < 4.78 is 28.3. The average molecular weight is 427 g/mol. The van der Waals surface area contributed by atoms with Crippen molar-refractivity contribution in [2.75, 3.05) is 13.1 Å². The van der Waals surface area contributed by atoms with Crippen LogP contribution in [-0.2, 0) is 23.1 Å². The number of carbonyl (C=O) groups is 1. The van der Waals surface area contributed by atoms with Crippen LogP contribution in [0.15, 0.2) is 71.9 Å². The number of nitrogens with zero attached hydrogens (tertiary/aromatic N) is 3. The monoisotopic (exact) mass is 426 g/mol. The molecule has 0 radical (unpaired) electrons. The Balaban J connectivity index is 1.58. The Bertz CT molecular complexity index is 1060. The third-order valence-corrected chi connectivity index (χ3v) is 6.90. The SMILES string of the molecule is CCN(CC)S(=O)(=O)c1ccc(C(=O)NCc2ccc(Cn3cccn3)cc2)cc1. The number of carbonyl (C=O) groups excluding carboxylic acids is 1. The molecule has 0 atom stereocenters. The topological polar surface area (TPSA) is 84.3 Å². The van der Waals surface area contributed by atoms with Crippen molar-refractivity contribution in [3.8, 4) is 0 Å². The van der Waals surface area contributed by atoms with Crippen molar-refractivity contribution in [1.29, 1.82) is 0 Å². The van der Waals surface area contributed by atoms with Gasteiger partial charge in [0.2, 0.25) is 10.0 Å². The first kappa shape index (κ1) is 21.7. The molecule has 1 aromatic heterocycles. The fourth-order valence-corrected chi connectivity index (χ4v) is 4.58.